The second kappa shape index (κ2) is 4.35. The van der Waals surface area contributed by atoms with Crippen LogP contribution in [0.25, 0.3) is 0 Å². The number of aromatic carboxylic acids is 1. The third-order valence-electron chi connectivity index (χ3n) is 1.83. The third kappa shape index (κ3) is 3.28. The van der Waals surface area contributed by atoms with Crippen molar-refractivity contribution in [2.75, 3.05) is 13.2 Å². The molecular formula is C10H14O5. The Morgan fingerprint density at radius 3 is 2.67 bits per heavy atom. The molecule has 0 amide bonds. The Hall–Kier alpha value is -1.49. The second-order valence-corrected chi connectivity index (χ2v) is 4.03. The van der Waals surface area contributed by atoms with Crippen molar-refractivity contribution in [3.63, 3.8) is 0 Å². The van der Waals surface area contributed by atoms with E-state index in [0.717, 1.165) is 0 Å². The molecule has 1 rings (SSSR count). The predicted molar refractivity (Wildman–Crippen MR) is 52.0 cm³/mol. The second-order valence-electron chi connectivity index (χ2n) is 4.03. The van der Waals surface area contributed by atoms with E-state index in [-0.39, 0.29) is 30.3 Å². The molecule has 0 aromatic carbocycles. The molecule has 1 aromatic heterocycles. The molecule has 0 spiro atoms. The molecular weight excluding hydrogens is 200 g/mol. The molecule has 0 saturated carbocycles. The van der Waals surface area contributed by atoms with Crippen LogP contribution in [0.1, 0.15) is 24.4 Å². The highest BCUT2D eigenvalue weighted by Gasteiger charge is 2.18. The number of aliphatic hydroxyl groups excluding tert-OH is 1. The van der Waals surface area contributed by atoms with Crippen molar-refractivity contribution in [2.24, 2.45) is 5.41 Å². The minimum Gasteiger partial charge on any atom is -0.475 e. The quantitative estimate of drug-likeness (QED) is 0.773. The Labute approximate surface area is 87.3 Å². The topological polar surface area (TPSA) is 79.9 Å². The molecule has 0 saturated heterocycles. The van der Waals surface area contributed by atoms with E-state index in [1.54, 1.807) is 0 Å². The summed E-state index contributed by atoms with van der Waals surface area (Å²) in [6.07, 6.45) is 0. The van der Waals surface area contributed by atoms with Crippen LogP contribution in [-0.2, 0) is 0 Å². The first-order valence-electron chi connectivity index (χ1n) is 4.51. The molecule has 0 radical (unpaired) electrons. The normalized spacial score (nSPS) is 11.4. The van der Waals surface area contributed by atoms with Crippen LogP contribution in [0.15, 0.2) is 16.5 Å². The standard InChI is InChI=1S/C10H14O5/c1-10(2,5-11)6-14-8-4-3-7(15-8)9(12)13/h3-4,11H,5-6H2,1-2H3,(H,12,13). The molecule has 0 aliphatic rings. The summed E-state index contributed by atoms with van der Waals surface area (Å²) in [6.45, 7) is 3.90. The van der Waals surface area contributed by atoms with Crippen LogP contribution in [0.4, 0.5) is 0 Å². The van der Waals surface area contributed by atoms with E-state index in [2.05, 4.69) is 0 Å². The minimum absolute atomic E-state index is 0.0144. The number of aliphatic hydroxyl groups is 1. The van der Waals surface area contributed by atoms with Gasteiger partial charge in [-0.25, -0.2) is 4.79 Å². The first kappa shape index (κ1) is 11.6. The van der Waals surface area contributed by atoms with Crippen molar-refractivity contribution in [3.05, 3.63) is 17.9 Å². The third-order valence-corrected chi connectivity index (χ3v) is 1.83. The van der Waals surface area contributed by atoms with Crippen LogP contribution in [0, 0.1) is 5.41 Å². The Kier molecular flexibility index (Phi) is 3.36. The predicted octanol–water partition coefficient (Wildman–Crippen LogP) is 1.38. The van der Waals surface area contributed by atoms with E-state index in [1.807, 2.05) is 13.8 Å². The number of rotatable bonds is 5. The fourth-order valence-corrected chi connectivity index (χ4v) is 0.825. The van der Waals surface area contributed by atoms with Crippen LogP contribution >= 0.6 is 0 Å². The summed E-state index contributed by atoms with van der Waals surface area (Å²) in [5, 5.41) is 17.5. The molecule has 0 aliphatic heterocycles. The number of carboxylic acids is 1. The Morgan fingerprint density at radius 2 is 2.20 bits per heavy atom. The van der Waals surface area contributed by atoms with Gasteiger partial charge >= 0.3 is 5.97 Å². The van der Waals surface area contributed by atoms with Crippen molar-refractivity contribution >= 4 is 5.97 Å². The molecule has 0 atom stereocenters. The SMILES string of the molecule is CC(C)(CO)COc1ccc(C(=O)O)o1. The highest BCUT2D eigenvalue weighted by Crippen LogP contribution is 2.20. The number of ether oxygens (including phenoxy) is 1. The lowest BCUT2D eigenvalue weighted by Gasteiger charge is -2.20. The molecule has 15 heavy (non-hydrogen) atoms. The number of carbonyl (C=O) groups is 1. The van der Waals surface area contributed by atoms with E-state index in [4.69, 9.17) is 19.4 Å². The summed E-state index contributed by atoms with van der Waals surface area (Å²) in [4.78, 5) is 10.5. The molecule has 0 aliphatic carbocycles. The smallest absolute Gasteiger partial charge is 0.371 e. The Balaban J connectivity index is 2.55. The zero-order valence-corrected chi connectivity index (χ0v) is 8.69. The van der Waals surface area contributed by atoms with Crippen molar-refractivity contribution in [1.29, 1.82) is 0 Å². The van der Waals surface area contributed by atoms with Crippen LogP contribution in [0.2, 0.25) is 0 Å². The monoisotopic (exact) mass is 214 g/mol. The number of furan rings is 1. The summed E-state index contributed by atoms with van der Waals surface area (Å²) in [7, 11) is 0. The van der Waals surface area contributed by atoms with Gasteiger partial charge in [-0.15, -0.1) is 0 Å². The van der Waals surface area contributed by atoms with Gasteiger partial charge in [-0.1, -0.05) is 13.8 Å². The summed E-state index contributed by atoms with van der Waals surface area (Å²) in [5.74, 6) is -1.15. The van der Waals surface area contributed by atoms with Crippen LogP contribution in [0.3, 0.4) is 0 Å². The van der Waals surface area contributed by atoms with Gasteiger partial charge in [0.05, 0.1) is 13.2 Å². The highest BCUT2D eigenvalue weighted by molar-refractivity contribution is 5.84. The molecule has 1 aromatic rings. The molecule has 5 heteroatoms. The minimum atomic E-state index is -1.13. The van der Waals surface area contributed by atoms with Gasteiger partial charge in [-0.3, -0.25) is 0 Å². The number of carboxylic acid groups (broad SMARTS) is 1. The zero-order valence-electron chi connectivity index (χ0n) is 8.69. The number of hydrogen-bond acceptors (Lipinski definition) is 4. The first-order valence-corrected chi connectivity index (χ1v) is 4.51. The van der Waals surface area contributed by atoms with Crippen LogP contribution in [-0.4, -0.2) is 29.4 Å². The summed E-state index contributed by atoms with van der Waals surface area (Å²) >= 11 is 0. The lowest BCUT2D eigenvalue weighted by Crippen LogP contribution is -2.25. The van der Waals surface area contributed by atoms with Crippen molar-refractivity contribution in [3.8, 4) is 5.95 Å². The lowest BCUT2D eigenvalue weighted by molar-refractivity contribution is 0.0626. The molecule has 0 unspecified atom stereocenters. The van der Waals surface area contributed by atoms with E-state index in [1.165, 1.54) is 12.1 Å². The summed E-state index contributed by atoms with van der Waals surface area (Å²) < 4.78 is 10.1. The molecule has 84 valence electrons. The van der Waals surface area contributed by atoms with Gasteiger partial charge < -0.3 is 19.4 Å². The summed E-state index contributed by atoms with van der Waals surface area (Å²) in [6, 6.07) is 2.76. The Morgan fingerprint density at radius 1 is 1.53 bits per heavy atom. The Bertz CT molecular complexity index is 339. The van der Waals surface area contributed by atoms with E-state index >= 15 is 0 Å². The maximum atomic E-state index is 10.5. The molecule has 0 fully saturated rings. The van der Waals surface area contributed by atoms with Gasteiger partial charge in [0.1, 0.15) is 0 Å². The average Bonchev–Trinajstić information content (AvgIpc) is 2.63. The maximum absolute atomic E-state index is 10.5. The molecule has 1 heterocycles. The first-order chi connectivity index (χ1) is 6.94. The van der Waals surface area contributed by atoms with E-state index < -0.39 is 5.97 Å². The fraction of sp³-hybridized carbons (Fsp3) is 0.500. The van der Waals surface area contributed by atoms with Gasteiger partial charge in [0.15, 0.2) is 0 Å². The van der Waals surface area contributed by atoms with Crippen LogP contribution < -0.4 is 4.74 Å². The molecule has 5 nitrogen and oxygen atoms in total. The van der Waals surface area contributed by atoms with Gasteiger partial charge in [0, 0.05) is 11.5 Å². The van der Waals surface area contributed by atoms with Crippen molar-refractivity contribution < 1.29 is 24.2 Å². The highest BCUT2D eigenvalue weighted by atomic mass is 16.6. The molecule has 2 N–H and O–H groups in total. The fourth-order valence-electron chi connectivity index (χ4n) is 0.825. The molecule has 0 bridgehead atoms. The van der Waals surface area contributed by atoms with E-state index in [0.29, 0.717) is 0 Å². The van der Waals surface area contributed by atoms with E-state index in [9.17, 15) is 4.79 Å². The summed E-state index contributed by atoms with van der Waals surface area (Å²) in [5.41, 5.74) is -0.379. The average molecular weight is 214 g/mol. The van der Waals surface area contributed by atoms with Gasteiger partial charge in [0.25, 0.3) is 5.95 Å². The van der Waals surface area contributed by atoms with Crippen molar-refractivity contribution in [1.82, 2.24) is 0 Å². The van der Waals surface area contributed by atoms with Crippen LogP contribution in [0.5, 0.6) is 5.95 Å². The van der Waals surface area contributed by atoms with Gasteiger partial charge in [-0.05, 0) is 6.07 Å². The van der Waals surface area contributed by atoms with Gasteiger partial charge in [-0.2, -0.15) is 0 Å². The van der Waals surface area contributed by atoms with Crippen molar-refractivity contribution in [2.45, 2.75) is 13.8 Å². The van der Waals surface area contributed by atoms with Gasteiger partial charge in [0.2, 0.25) is 5.76 Å². The zero-order chi connectivity index (χ0) is 11.5. The lowest BCUT2D eigenvalue weighted by atomic mass is 9.97. The maximum Gasteiger partial charge on any atom is 0.371 e. The number of hydrogen-bond donors (Lipinski definition) is 2. The largest absolute Gasteiger partial charge is 0.475 e.